The molecule has 6 heteroatoms. The van der Waals surface area contributed by atoms with Gasteiger partial charge in [-0.05, 0) is 39.4 Å². The fraction of sp³-hybridized carbons (Fsp3) is 0.474. The number of aryl methyl sites for hydroxylation is 1. The van der Waals surface area contributed by atoms with Gasteiger partial charge in [0.2, 0.25) is 0 Å². The minimum atomic E-state index is -0.185. The Morgan fingerprint density at radius 3 is 2.92 bits per heavy atom. The summed E-state index contributed by atoms with van der Waals surface area (Å²) in [4.78, 5) is 14.6. The number of amides is 1. The smallest absolute Gasteiger partial charge is 0.274 e. The number of aromatic nitrogens is 1. The second-order valence-electron chi connectivity index (χ2n) is 6.58. The highest BCUT2D eigenvalue weighted by Gasteiger charge is 2.23. The van der Waals surface area contributed by atoms with Gasteiger partial charge in [0, 0.05) is 30.6 Å². The Kier molecular flexibility index (Phi) is 5.71. The fourth-order valence-electron chi connectivity index (χ4n) is 2.95. The summed E-state index contributed by atoms with van der Waals surface area (Å²) in [7, 11) is 4.02. The SMILES string of the molecule is CN(C)CCOc1ccccc1CNC(=O)c1noc2c1CCCC2. The van der Waals surface area contributed by atoms with Crippen molar-refractivity contribution in [3.63, 3.8) is 0 Å². The molecule has 3 rings (SSSR count). The van der Waals surface area contributed by atoms with Crippen LogP contribution in [0.1, 0.15) is 40.2 Å². The number of hydrogen-bond donors (Lipinski definition) is 1. The lowest BCUT2D eigenvalue weighted by molar-refractivity contribution is 0.0940. The molecule has 0 atom stereocenters. The van der Waals surface area contributed by atoms with E-state index in [0.29, 0.717) is 18.8 Å². The van der Waals surface area contributed by atoms with Crippen molar-refractivity contribution in [1.29, 1.82) is 0 Å². The van der Waals surface area contributed by atoms with E-state index in [1.54, 1.807) is 0 Å². The topological polar surface area (TPSA) is 67.6 Å². The van der Waals surface area contributed by atoms with Gasteiger partial charge in [-0.3, -0.25) is 4.79 Å². The van der Waals surface area contributed by atoms with Gasteiger partial charge >= 0.3 is 0 Å². The van der Waals surface area contributed by atoms with Crippen LogP contribution in [0.5, 0.6) is 5.75 Å². The Labute approximate surface area is 148 Å². The Hall–Kier alpha value is -2.34. The van der Waals surface area contributed by atoms with Crippen LogP contribution in [0.4, 0.5) is 0 Å². The average Bonchev–Trinajstić information content (AvgIpc) is 3.04. The molecule has 1 aromatic carbocycles. The Bertz CT molecular complexity index is 724. The lowest BCUT2D eigenvalue weighted by atomic mass is 9.96. The molecule has 1 amide bonds. The zero-order valence-electron chi connectivity index (χ0n) is 14.9. The largest absolute Gasteiger partial charge is 0.492 e. The number of carbonyl (C=O) groups is 1. The number of rotatable bonds is 7. The second kappa shape index (κ2) is 8.16. The lowest BCUT2D eigenvalue weighted by Gasteiger charge is -2.14. The zero-order chi connectivity index (χ0) is 17.6. The van der Waals surface area contributed by atoms with Crippen molar-refractivity contribution in [2.24, 2.45) is 0 Å². The van der Waals surface area contributed by atoms with Crippen molar-refractivity contribution in [1.82, 2.24) is 15.4 Å². The van der Waals surface area contributed by atoms with E-state index >= 15 is 0 Å². The molecule has 0 radical (unpaired) electrons. The summed E-state index contributed by atoms with van der Waals surface area (Å²) in [6.07, 6.45) is 3.92. The van der Waals surface area contributed by atoms with Gasteiger partial charge in [0.15, 0.2) is 5.69 Å². The van der Waals surface area contributed by atoms with Crippen LogP contribution in [0.15, 0.2) is 28.8 Å². The third-order valence-corrected chi connectivity index (χ3v) is 4.37. The van der Waals surface area contributed by atoms with Gasteiger partial charge in [-0.25, -0.2) is 0 Å². The Morgan fingerprint density at radius 1 is 1.28 bits per heavy atom. The maximum Gasteiger partial charge on any atom is 0.274 e. The fourth-order valence-corrected chi connectivity index (χ4v) is 2.95. The first-order valence-corrected chi connectivity index (χ1v) is 8.76. The predicted octanol–water partition coefficient (Wildman–Crippen LogP) is 2.42. The van der Waals surface area contributed by atoms with Crippen LogP contribution < -0.4 is 10.1 Å². The summed E-state index contributed by atoms with van der Waals surface area (Å²) in [6, 6.07) is 7.77. The van der Waals surface area contributed by atoms with Crippen molar-refractivity contribution < 1.29 is 14.1 Å². The summed E-state index contributed by atoms with van der Waals surface area (Å²) in [6.45, 7) is 1.85. The molecule has 134 valence electrons. The van der Waals surface area contributed by atoms with Gasteiger partial charge in [-0.15, -0.1) is 0 Å². The van der Waals surface area contributed by atoms with Gasteiger partial charge in [-0.2, -0.15) is 0 Å². The number of ether oxygens (including phenoxy) is 1. The molecule has 1 aliphatic carbocycles. The number of carbonyl (C=O) groups excluding carboxylic acids is 1. The molecule has 2 aromatic rings. The van der Waals surface area contributed by atoms with Gasteiger partial charge in [0.1, 0.15) is 18.1 Å². The molecule has 1 N–H and O–H groups in total. The molecule has 0 saturated carbocycles. The molecule has 1 aliphatic rings. The molecule has 0 unspecified atom stereocenters. The third-order valence-electron chi connectivity index (χ3n) is 4.37. The van der Waals surface area contributed by atoms with Crippen LogP contribution in [-0.2, 0) is 19.4 Å². The summed E-state index contributed by atoms with van der Waals surface area (Å²) in [5, 5.41) is 6.92. The van der Waals surface area contributed by atoms with Crippen LogP contribution in [0.2, 0.25) is 0 Å². The molecule has 25 heavy (non-hydrogen) atoms. The molecule has 0 saturated heterocycles. The van der Waals surface area contributed by atoms with E-state index in [1.807, 2.05) is 38.4 Å². The minimum absolute atomic E-state index is 0.185. The third kappa shape index (κ3) is 4.39. The van der Waals surface area contributed by atoms with E-state index in [-0.39, 0.29) is 5.91 Å². The van der Waals surface area contributed by atoms with Crippen LogP contribution >= 0.6 is 0 Å². The summed E-state index contributed by atoms with van der Waals surface area (Å²) < 4.78 is 11.2. The molecule has 0 bridgehead atoms. The van der Waals surface area contributed by atoms with Crippen molar-refractivity contribution >= 4 is 5.91 Å². The van der Waals surface area contributed by atoms with Crippen molar-refractivity contribution in [2.45, 2.75) is 32.2 Å². The molecular weight excluding hydrogens is 318 g/mol. The van der Waals surface area contributed by atoms with Crippen molar-refractivity contribution in [3.05, 3.63) is 46.8 Å². The highest BCUT2D eigenvalue weighted by atomic mass is 16.5. The van der Waals surface area contributed by atoms with Crippen molar-refractivity contribution in [2.75, 3.05) is 27.2 Å². The maximum absolute atomic E-state index is 12.5. The first-order valence-electron chi connectivity index (χ1n) is 8.76. The Balaban J connectivity index is 1.61. The number of para-hydroxylation sites is 1. The average molecular weight is 343 g/mol. The van der Waals surface area contributed by atoms with Crippen molar-refractivity contribution in [3.8, 4) is 5.75 Å². The molecule has 6 nitrogen and oxygen atoms in total. The molecular formula is C19H25N3O3. The predicted molar refractivity (Wildman–Crippen MR) is 94.8 cm³/mol. The second-order valence-corrected chi connectivity index (χ2v) is 6.58. The van der Waals surface area contributed by atoms with E-state index in [9.17, 15) is 4.79 Å². The summed E-state index contributed by atoms with van der Waals surface area (Å²) in [5.41, 5.74) is 2.35. The lowest BCUT2D eigenvalue weighted by Crippen LogP contribution is -2.25. The highest BCUT2D eigenvalue weighted by molar-refractivity contribution is 5.93. The van der Waals surface area contributed by atoms with E-state index in [0.717, 1.165) is 54.9 Å². The van der Waals surface area contributed by atoms with E-state index in [2.05, 4.69) is 15.4 Å². The normalized spacial score (nSPS) is 13.6. The Morgan fingerprint density at radius 2 is 2.08 bits per heavy atom. The monoisotopic (exact) mass is 343 g/mol. The zero-order valence-corrected chi connectivity index (χ0v) is 14.9. The molecule has 1 aromatic heterocycles. The number of fused-ring (bicyclic) bond motifs is 1. The quantitative estimate of drug-likeness (QED) is 0.836. The molecule has 0 aliphatic heterocycles. The van der Waals surface area contributed by atoms with Crippen LogP contribution in [0.3, 0.4) is 0 Å². The van der Waals surface area contributed by atoms with E-state index < -0.39 is 0 Å². The number of nitrogens with one attached hydrogen (secondary N) is 1. The molecule has 1 heterocycles. The number of benzene rings is 1. The first-order chi connectivity index (χ1) is 12.1. The van der Waals surface area contributed by atoms with Gasteiger partial charge in [0.25, 0.3) is 5.91 Å². The summed E-state index contributed by atoms with van der Waals surface area (Å²) >= 11 is 0. The number of likely N-dealkylation sites (N-methyl/N-ethyl adjacent to an activating group) is 1. The number of hydrogen-bond acceptors (Lipinski definition) is 5. The molecule has 0 fully saturated rings. The first kappa shape index (κ1) is 17.5. The van der Waals surface area contributed by atoms with Crippen LogP contribution in [0, 0.1) is 0 Å². The van der Waals surface area contributed by atoms with Gasteiger partial charge < -0.3 is 19.5 Å². The minimum Gasteiger partial charge on any atom is -0.492 e. The van der Waals surface area contributed by atoms with Gasteiger partial charge in [-0.1, -0.05) is 23.4 Å². The molecule has 0 spiro atoms. The van der Waals surface area contributed by atoms with Gasteiger partial charge in [0.05, 0.1) is 0 Å². The highest BCUT2D eigenvalue weighted by Crippen LogP contribution is 2.24. The van der Waals surface area contributed by atoms with Crippen LogP contribution in [-0.4, -0.2) is 43.2 Å². The summed E-state index contributed by atoms with van der Waals surface area (Å²) in [5.74, 6) is 1.48. The van der Waals surface area contributed by atoms with E-state index in [1.165, 1.54) is 0 Å². The van der Waals surface area contributed by atoms with Crippen LogP contribution in [0.25, 0.3) is 0 Å². The van der Waals surface area contributed by atoms with E-state index in [4.69, 9.17) is 9.26 Å². The standard InChI is InChI=1S/C19H25N3O3/c1-22(2)11-12-24-16-9-5-3-7-14(16)13-20-19(23)18-15-8-4-6-10-17(15)25-21-18/h3,5,7,9H,4,6,8,10-13H2,1-2H3,(H,20,23). The maximum atomic E-state index is 12.5. The number of nitrogens with zero attached hydrogens (tertiary/aromatic N) is 2.